The molecule has 0 saturated heterocycles. The van der Waals surface area contributed by atoms with Crippen LogP contribution in [0.3, 0.4) is 0 Å². The third kappa shape index (κ3) is 3.03. The number of nitrogens with zero attached hydrogens (tertiary/aromatic N) is 2. The Labute approximate surface area is 120 Å². The first-order valence-corrected chi connectivity index (χ1v) is 7.14. The van der Waals surface area contributed by atoms with E-state index in [-0.39, 0.29) is 0 Å². The number of rotatable bonds is 6. The van der Waals surface area contributed by atoms with Gasteiger partial charge < -0.3 is 10.1 Å². The molecule has 0 bridgehead atoms. The van der Waals surface area contributed by atoms with Gasteiger partial charge in [-0.05, 0) is 19.4 Å². The Kier molecular flexibility index (Phi) is 5.00. The van der Waals surface area contributed by atoms with Gasteiger partial charge >= 0.3 is 0 Å². The van der Waals surface area contributed by atoms with E-state index in [0.717, 1.165) is 49.1 Å². The Morgan fingerprint density at radius 1 is 1.28 bits per heavy atom. The number of hydrogen-bond donors (Lipinski definition) is 1. The fraction of sp³-hybridized carbons (Fsp3) is 0.455. The number of nitrogens with one attached hydrogen (secondary N) is 1. The summed E-state index contributed by atoms with van der Waals surface area (Å²) in [5.74, 6) is 0. The molecule has 1 heterocycles. The molecule has 1 N–H and O–H groups in total. The summed E-state index contributed by atoms with van der Waals surface area (Å²) in [4.78, 5) is 0. The van der Waals surface area contributed by atoms with E-state index in [9.17, 15) is 0 Å². The lowest BCUT2D eigenvalue weighted by Crippen LogP contribution is -2.06. The second-order valence-corrected chi connectivity index (χ2v) is 5.00. The molecule has 4 nitrogen and oxygen atoms in total. The molecular weight excluding hydrogens is 293 g/mol. The average Bonchev–Trinajstić information content (AvgIpc) is 2.82. The molecule has 98 valence electrons. The Morgan fingerprint density at radius 2 is 2.06 bits per heavy atom. The van der Waals surface area contributed by atoms with Crippen molar-refractivity contribution in [1.29, 1.82) is 0 Å². The van der Waals surface area contributed by atoms with Crippen LogP contribution in [0.4, 0.5) is 5.69 Å². The van der Waals surface area contributed by atoms with Crippen molar-refractivity contribution in [2.75, 3.05) is 25.1 Å². The van der Waals surface area contributed by atoms with E-state index in [4.69, 9.17) is 27.9 Å². The van der Waals surface area contributed by atoms with Crippen LogP contribution >= 0.6 is 34.9 Å². The summed E-state index contributed by atoms with van der Waals surface area (Å²) in [7, 11) is 0. The third-order valence-electron chi connectivity index (χ3n) is 2.42. The zero-order valence-electron chi connectivity index (χ0n) is 9.87. The van der Waals surface area contributed by atoms with Gasteiger partial charge in [-0.25, -0.2) is 0 Å². The number of aromatic nitrogens is 2. The van der Waals surface area contributed by atoms with Crippen LogP contribution in [0.2, 0.25) is 10.0 Å². The fourth-order valence-electron chi connectivity index (χ4n) is 1.57. The van der Waals surface area contributed by atoms with Crippen LogP contribution in [-0.2, 0) is 4.74 Å². The normalized spacial score (nSPS) is 11.1. The van der Waals surface area contributed by atoms with Gasteiger partial charge in [-0.1, -0.05) is 23.2 Å². The van der Waals surface area contributed by atoms with Gasteiger partial charge in [-0.3, -0.25) is 0 Å². The van der Waals surface area contributed by atoms with Crippen LogP contribution in [0.5, 0.6) is 0 Å². The van der Waals surface area contributed by atoms with E-state index in [1.54, 1.807) is 6.07 Å². The second kappa shape index (κ2) is 6.52. The van der Waals surface area contributed by atoms with E-state index in [1.807, 2.05) is 6.92 Å². The summed E-state index contributed by atoms with van der Waals surface area (Å²) in [6.45, 7) is 4.22. The molecule has 0 spiro atoms. The van der Waals surface area contributed by atoms with Gasteiger partial charge in [-0.15, -0.1) is 0 Å². The predicted octanol–water partition coefficient (Wildman–Crippen LogP) is 3.84. The lowest BCUT2D eigenvalue weighted by molar-refractivity contribution is 0.147. The molecule has 0 aliphatic rings. The molecule has 0 radical (unpaired) electrons. The highest BCUT2D eigenvalue weighted by atomic mass is 35.5. The molecule has 1 aromatic heterocycles. The smallest absolute Gasteiger partial charge is 0.130 e. The van der Waals surface area contributed by atoms with Crippen molar-refractivity contribution < 1.29 is 4.74 Å². The molecule has 0 fully saturated rings. The number of halogens is 2. The summed E-state index contributed by atoms with van der Waals surface area (Å²) in [5.41, 5.74) is 2.22. The SMILES string of the molecule is CCOCCCNc1c(Cl)cc(Cl)c2nsnc12. The maximum Gasteiger partial charge on any atom is 0.130 e. The highest BCUT2D eigenvalue weighted by molar-refractivity contribution is 7.00. The molecule has 18 heavy (non-hydrogen) atoms. The molecule has 0 saturated carbocycles. The molecule has 0 amide bonds. The minimum Gasteiger partial charge on any atom is -0.382 e. The van der Waals surface area contributed by atoms with Crippen molar-refractivity contribution in [2.45, 2.75) is 13.3 Å². The van der Waals surface area contributed by atoms with Crippen molar-refractivity contribution in [3.05, 3.63) is 16.1 Å². The van der Waals surface area contributed by atoms with Crippen molar-refractivity contribution >= 4 is 51.7 Å². The van der Waals surface area contributed by atoms with E-state index >= 15 is 0 Å². The number of hydrogen-bond acceptors (Lipinski definition) is 5. The average molecular weight is 306 g/mol. The highest BCUT2D eigenvalue weighted by Crippen LogP contribution is 2.35. The summed E-state index contributed by atoms with van der Waals surface area (Å²) < 4.78 is 13.6. The molecule has 0 unspecified atom stereocenters. The molecule has 7 heteroatoms. The second-order valence-electron chi connectivity index (χ2n) is 3.65. The number of anilines is 1. The van der Waals surface area contributed by atoms with Gasteiger partial charge in [0.1, 0.15) is 11.0 Å². The minimum atomic E-state index is 0.531. The third-order valence-corrected chi connectivity index (χ3v) is 3.53. The quantitative estimate of drug-likeness (QED) is 0.824. The molecular formula is C11H13Cl2N3OS. The maximum atomic E-state index is 6.16. The van der Waals surface area contributed by atoms with Crippen LogP contribution in [-0.4, -0.2) is 28.5 Å². The molecule has 2 aromatic rings. The summed E-state index contributed by atoms with van der Waals surface area (Å²) in [6, 6.07) is 1.69. The van der Waals surface area contributed by atoms with Crippen LogP contribution in [0.25, 0.3) is 11.0 Å². The minimum absolute atomic E-state index is 0.531. The van der Waals surface area contributed by atoms with Gasteiger partial charge in [0.05, 0.1) is 27.5 Å². The number of fused-ring (bicyclic) bond motifs is 1. The standard InChI is InChI=1S/C11H13Cl2N3OS/c1-2-17-5-3-4-14-9-7(12)6-8(13)10-11(9)16-18-15-10/h6,14H,2-5H2,1H3. The van der Waals surface area contributed by atoms with Gasteiger partial charge in [0.2, 0.25) is 0 Å². The monoisotopic (exact) mass is 305 g/mol. The van der Waals surface area contributed by atoms with Crippen LogP contribution in [0, 0.1) is 0 Å². The lowest BCUT2D eigenvalue weighted by atomic mass is 10.2. The van der Waals surface area contributed by atoms with Gasteiger partial charge in [0.15, 0.2) is 0 Å². The van der Waals surface area contributed by atoms with Crippen LogP contribution in [0.15, 0.2) is 6.07 Å². The molecule has 1 aromatic carbocycles. The van der Waals surface area contributed by atoms with Crippen molar-refractivity contribution in [3.63, 3.8) is 0 Å². The molecule has 0 aliphatic carbocycles. The summed E-state index contributed by atoms with van der Waals surface area (Å²) in [5, 5.41) is 4.36. The summed E-state index contributed by atoms with van der Waals surface area (Å²) in [6.07, 6.45) is 0.909. The lowest BCUT2D eigenvalue weighted by Gasteiger charge is -2.09. The zero-order valence-corrected chi connectivity index (χ0v) is 12.2. The van der Waals surface area contributed by atoms with E-state index in [2.05, 4.69) is 14.1 Å². The zero-order chi connectivity index (χ0) is 13.0. The van der Waals surface area contributed by atoms with E-state index in [0.29, 0.717) is 15.6 Å². The number of ether oxygens (including phenoxy) is 1. The molecule has 2 rings (SSSR count). The predicted molar refractivity (Wildman–Crippen MR) is 77.0 cm³/mol. The van der Waals surface area contributed by atoms with Gasteiger partial charge in [0, 0.05) is 19.8 Å². The molecule has 0 atom stereocenters. The Bertz CT molecular complexity index is 532. The maximum absolute atomic E-state index is 6.16. The van der Waals surface area contributed by atoms with Crippen molar-refractivity contribution in [3.8, 4) is 0 Å². The van der Waals surface area contributed by atoms with Crippen LogP contribution < -0.4 is 5.32 Å². The van der Waals surface area contributed by atoms with E-state index < -0.39 is 0 Å². The Balaban J connectivity index is 2.10. The largest absolute Gasteiger partial charge is 0.382 e. The van der Waals surface area contributed by atoms with Crippen molar-refractivity contribution in [1.82, 2.24) is 8.75 Å². The van der Waals surface area contributed by atoms with Crippen LogP contribution in [0.1, 0.15) is 13.3 Å². The fourth-order valence-corrected chi connectivity index (χ4v) is 2.75. The number of benzene rings is 1. The van der Waals surface area contributed by atoms with Gasteiger partial charge in [-0.2, -0.15) is 8.75 Å². The Hall–Kier alpha value is -0.620. The topological polar surface area (TPSA) is 47.0 Å². The first-order chi connectivity index (χ1) is 8.74. The summed E-state index contributed by atoms with van der Waals surface area (Å²) >= 11 is 13.3. The molecule has 0 aliphatic heterocycles. The first kappa shape index (κ1) is 13.8. The first-order valence-electron chi connectivity index (χ1n) is 5.66. The van der Waals surface area contributed by atoms with Gasteiger partial charge in [0.25, 0.3) is 0 Å². The highest BCUT2D eigenvalue weighted by Gasteiger charge is 2.13. The van der Waals surface area contributed by atoms with Crippen molar-refractivity contribution in [2.24, 2.45) is 0 Å². The Morgan fingerprint density at radius 3 is 2.83 bits per heavy atom. The van der Waals surface area contributed by atoms with E-state index in [1.165, 1.54) is 0 Å².